The lowest BCUT2D eigenvalue weighted by molar-refractivity contribution is 0.355. The van der Waals surface area contributed by atoms with Crippen LogP contribution in [-0.2, 0) is 6.42 Å². The van der Waals surface area contributed by atoms with Crippen LogP contribution in [0.5, 0.6) is 0 Å². The molecule has 106 valence electrons. The van der Waals surface area contributed by atoms with E-state index in [0.29, 0.717) is 0 Å². The number of piperidine rings is 1. The lowest BCUT2D eigenvalue weighted by atomic mass is 9.91. The van der Waals surface area contributed by atoms with E-state index in [2.05, 4.69) is 47.9 Å². The zero-order valence-electron chi connectivity index (χ0n) is 12.6. The average molecular weight is 262 g/mol. The second-order valence-corrected chi connectivity index (χ2v) is 5.76. The molecule has 1 N–H and O–H groups in total. The highest BCUT2D eigenvalue weighted by atomic mass is 15.2. The van der Waals surface area contributed by atoms with Crippen molar-refractivity contribution in [3.8, 4) is 0 Å². The molecule has 19 heavy (non-hydrogen) atoms. The van der Waals surface area contributed by atoms with Crippen molar-refractivity contribution < 1.29 is 0 Å². The van der Waals surface area contributed by atoms with Crippen LogP contribution in [0.2, 0.25) is 0 Å². The zero-order chi connectivity index (χ0) is 13.8. The van der Waals surface area contributed by atoms with Crippen molar-refractivity contribution in [1.29, 1.82) is 0 Å². The maximum atomic E-state index is 4.56. The standard InChI is InChI=1S/C15H26N4/c1-5-13-14(16-6-2)17-10-18-15(13)19-8-11(3)7-12(4)9-19/h10-12H,5-9H2,1-4H3,(H,16,17,18). The molecule has 0 radical (unpaired) electrons. The largest absolute Gasteiger partial charge is 0.370 e. The molecule has 4 heteroatoms. The van der Waals surface area contributed by atoms with Crippen LogP contribution in [0.15, 0.2) is 6.33 Å². The van der Waals surface area contributed by atoms with Crippen molar-refractivity contribution in [2.45, 2.75) is 40.5 Å². The Morgan fingerprint density at radius 1 is 1.21 bits per heavy atom. The SMILES string of the molecule is CCNc1ncnc(N2CC(C)CC(C)C2)c1CC. The van der Waals surface area contributed by atoms with E-state index >= 15 is 0 Å². The molecule has 2 unspecified atom stereocenters. The molecule has 0 amide bonds. The number of anilines is 2. The van der Waals surface area contributed by atoms with Crippen molar-refractivity contribution in [1.82, 2.24) is 9.97 Å². The van der Waals surface area contributed by atoms with Crippen LogP contribution >= 0.6 is 0 Å². The first-order chi connectivity index (χ1) is 9.15. The molecule has 2 rings (SSSR count). The van der Waals surface area contributed by atoms with E-state index in [1.54, 1.807) is 6.33 Å². The number of aromatic nitrogens is 2. The predicted molar refractivity (Wildman–Crippen MR) is 80.7 cm³/mol. The first kappa shape index (κ1) is 14.1. The highest BCUT2D eigenvalue weighted by Gasteiger charge is 2.25. The van der Waals surface area contributed by atoms with Crippen LogP contribution in [0.25, 0.3) is 0 Å². The Labute approximate surface area is 116 Å². The average Bonchev–Trinajstić information content (AvgIpc) is 2.37. The Kier molecular flexibility index (Phi) is 4.61. The summed E-state index contributed by atoms with van der Waals surface area (Å²) in [5.41, 5.74) is 1.26. The Hall–Kier alpha value is -1.32. The second kappa shape index (κ2) is 6.22. The summed E-state index contributed by atoms with van der Waals surface area (Å²) < 4.78 is 0. The summed E-state index contributed by atoms with van der Waals surface area (Å²) in [6.45, 7) is 12.1. The van der Waals surface area contributed by atoms with Gasteiger partial charge in [0.2, 0.25) is 0 Å². The molecule has 0 aliphatic carbocycles. The van der Waals surface area contributed by atoms with E-state index in [0.717, 1.165) is 49.5 Å². The van der Waals surface area contributed by atoms with Gasteiger partial charge in [0, 0.05) is 25.2 Å². The van der Waals surface area contributed by atoms with Gasteiger partial charge >= 0.3 is 0 Å². The van der Waals surface area contributed by atoms with Gasteiger partial charge in [0.05, 0.1) is 0 Å². The summed E-state index contributed by atoms with van der Waals surface area (Å²) in [4.78, 5) is 11.4. The molecule has 1 aliphatic heterocycles. The van der Waals surface area contributed by atoms with Crippen molar-refractivity contribution >= 4 is 11.6 Å². The molecular weight excluding hydrogens is 236 g/mol. The number of nitrogens with zero attached hydrogens (tertiary/aromatic N) is 3. The number of hydrogen-bond donors (Lipinski definition) is 1. The molecule has 1 aromatic heterocycles. The highest BCUT2D eigenvalue weighted by Crippen LogP contribution is 2.29. The zero-order valence-corrected chi connectivity index (χ0v) is 12.6. The topological polar surface area (TPSA) is 41.1 Å². The van der Waals surface area contributed by atoms with Crippen molar-refractivity contribution in [3.63, 3.8) is 0 Å². The highest BCUT2D eigenvalue weighted by molar-refractivity contribution is 5.59. The monoisotopic (exact) mass is 262 g/mol. The quantitative estimate of drug-likeness (QED) is 0.905. The van der Waals surface area contributed by atoms with E-state index in [1.165, 1.54) is 12.0 Å². The van der Waals surface area contributed by atoms with E-state index < -0.39 is 0 Å². The molecule has 0 bridgehead atoms. The van der Waals surface area contributed by atoms with Crippen molar-refractivity contribution in [2.75, 3.05) is 29.9 Å². The minimum absolute atomic E-state index is 0.742. The van der Waals surface area contributed by atoms with Crippen molar-refractivity contribution in [3.05, 3.63) is 11.9 Å². The fraction of sp³-hybridized carbons (Fsp3) is 0.733. The molecule has 4 nitrogen and oxygen atoms in total. The number of nitrogens with one attached hydrogen (secondary N) is 1. The summed E-state index contributed by atoms with van der Waals surface area (Å²) >= 11 is 0. The van der Waals surface area contributed by atoms with Crippen molar-refractivity contribution in [2.24, 2.45) is 11.8 Å². The fourth-order valence-electron chi connectivity index (χ4n) is 3.16. The molecular formula is C15H26N4. The van der Waals surface area contributed by atoms with Gasteiger partial charge in [-0.15, -0.1) is 0 Å². The van der Waals surface area contributed by atoms with Crippen LogP contribution in [0.3, 0.4) is 0 Å². The third-order valence-corrected chi connectivity index (χ3v) is 3.79. The molecule has 1 saturated heterocycles. The third kappa shape index (κ3) is 3.17. The second-order valence-electron chi connectivity index (χ2n) is 5.76. The van der Waals surface area contributed by atoms with Gasteiger partial charge in [-0.25, -0.2) is 9.97 Å². The van der Waals surface area contributed by atoms with Gasteiger partial charge in [-0.05, 0) is 31.6 Å². The van der Waals surface area contributed by atoms with Crippen LogP contribution < -0.4 is 10.2 Å². The normalized spacial score (nSPS) is 23.5. The first-order valence-corrected chi connectivity index (χ1v) is 7.48. The minimum atomic E-state index is 0.742. The molecule has 1 aromatic rings. The van der Waals surface area contributed by atoms with Crippen LogP contribution in [0.4, 0.5) is 11.6 Å². The van der Waals surface area contributed by atoms with E-state index in [9.17, 15) is 0 Å². The Morgan fingerprint density at radius 3 is 2.47 bits per heavy atom. The maximum Gasteiger partial charge on any atom is 0.137 e. The summed E-state index contributed by atoms with van der Waals surface area (Å²) in [5, 5.41) is 3.35. The van der Waals surface area contributed by atoms with E-state index in [4.69, 9.17) is 0 Å². The van der Waals surface area contributed by atoms with E-state index in [-0.39, 0.29) is 0 Å². The predicted octanol–water partition coefficient (Wildman–Crippen LogP) is 2.95. The smallest absolute Gasteiger partial charge is 0.137 e. The van der Waals surface area contributed by atoms with Crippen LogP contribution in [-0.4, -0.2) is 29.6 Å². The van der Waals surface area contributed by atoms with Gasteiger partial charge in [-0.1, -0.05) is 20.8 Å². The molecule has 0 saturated carbocycles. The lowest BCUT2D eigenvalue weighted by Crippen LogP contribution is -2.39. The number of rotatable bonds is 4. The van der Waals surface area contributed by atoms with Gasteiger partial charge < -0.3 is 10.2 Å². The van der Waals surface area contributed by atoms with Gasteiger partial charge in [0.1, 0.15) is 18.0 Å². The van der Waals surface area contributed by atoms with Gasteiger partial charge in [0.25, 0.3) is 0 Å². The molecule has 2 atom stereocenters. The number of hydrogen-bond acceptors (Lipinski definition) is 4. The summed E-state index contributed by atoms with van der Waals surface area (Å²) in [6.07, 6.45) is 3.98. The third-order valence-electron chi connectivity index (χ3n) is 3.79. The molecule has 1 fully saturated rings. The molecule has 1 aliphatic rings. The summed E-state index contributed by atoms with van der Waals surface area (Å²) in [6, 6.07) is 0. The van der Waals surface area contributed by atoms with Gasteiger partial charge in [0.15, 0.2) is 0 Å². The molecule has 0 spiro atoms. The summed E-state index contributed by atoms with van der Waals surface area (Å²) in [5.74, 6) is 3.62. The fourth-order valence-corrected chi connectivity index (χ4v) is 3.16. The van der Waals surface area contributed by atoms with E-state index in [1.807, 2.05) is 0 Å². The maximum absolute atomic E-state index is 4.56. The van der Waals surface area contributed by atoms with Crippen LogP contribution in [0, 0.1) is 11.8 Å². The first-order valence-electron chi connectivity index (χ1n) is 7.48. The molecule has 2 heterocycles. The van der Waals surface area contributed by atoms with Gasteiger partial charge in [-0.2, -0.15) is 0 Å². The minimum Gasteiger partial charge on any atom is -0.370 e. The Balaban J connectivity index is 2.30. The Bertz CT molecular complexity index is 409. The molecule has 0 aromatic carbocycles. The Morgan fingerprint density at radius 2 is 1.89 bits per heavy atom. The lowest BCUT2D eigenvalue weighted by Gasteiger charge is -2.36. The summed E-state index contributed by atoms with van der Waals surface area (Å²) in [7, 11) is 0. The van der Waals surface area contributed by atoms with Crippen LogP contribution in [0.1, 0.15) is 39.7 Å². The van der Waals surface area contributed by atoms with Gasteiger partial charge in [-0.3, -0.25) is 0 Å².